The highest BCUT2D eigenvalue weighted by molar-refractivity contribution is 6.06. The van der Waals surface area contributed by atoms with E-state index < -0.39 is 0 Å². The maximum Gasteiger partial charge on any atom is 0.255 e. The van der Waals surface area contributed by atoms with Crippen molar-refractivity contribution in [1.82, 2.24) is 9.88 Å². The molecule has 216 valence electrons. The average Bonchev–Trinajstić information content (AvgIpc) is 3.04. The van der Waals surface area contributed by atoms with Crippen LogP contribution in [-0.4, -0.2) is 47.9 Å². The van der Waals surface area contributed by atoms with Crippen LogP contribution < -0.4 is 16.0 Å². The average molecular weight is 562 g/mol. The Balaban J connectivity index is 1.43. The minimum Gasteiger partial charge on any atom is -0.370 e. The molecule has 7 nitrogen and oxygen atoms in total. The van der Waals surface area contributed by atoms with Crippen molar-refractivity contribution in [3.8, 4) is 11.1 Å². The first kappa shape index (κ1) is 29.0. The minimum atomic E-state index is -0.127. The number of carbonyl (C=O) groups is 2. The fourth-order valence-electron chi connectivity index (χ4n) is 5.40. The van der Waals surface area contributed by atoms with Crippen LogP contribution in [0.15, 0.2) is 97.3 Å². The van der Waals surface area contributed by atoms with Crippen LogP contribution in [-0.2, 0) is 6.54 Å². The Morgan fingerprint density at radius 3 is 2.43 bits per heavy atom. The van der Waals surface area contributed by atoms with Crippen LogP contribution in [0.1, 0.15) is 52.5 Å². The SMILES string of the molecule is CC1CCN(c2ccc(-c3cccc(CN(CCCN)C(=O)c4cccnc4)c3)cc2NC(=O)c2ccccc2)CC1. The van der Waals surface area contributed by atoms with E-state index in [0.717, 1.165) is 54.0 Å². The molecule has 0 radical (unpaired) electrons. The van der Waals surface area contributed by atoms with Crippen molar-refractivity contribution < 1.29 is 9.59 Å². The summed E-state index contributed by atoms with van der Waals surface area (Å²) in [6.07, 6.45) is 6.25. The van der Waals surface area contributed by atoms with Gasteiger partial charge in [-0.15, -0.1) is 0 Å². The van der Waals surface area contributed by atoms with Gasteiger partial charge in [-0.1, -0.05) is 49.4 Å². The molecule has 0 bridgehead atoms. The molecule has 0 atom stereocenters. The molecule has 1 aliphatic rings. The first-order chi connectivity index (χ1) is 20.5. The van der Waals surface area contributed by atoms with Gasteiger partial charge in [0.2, 0.25) is 0 Å². The number of hydrogen-bond donors (Lipinski definition) is 2. The number of nitrogens with one attached hydrogen (secondary N) is 1. The predicted octanol–water partition coefficient (Wildman–Crippen LogP) is 6.23. The molecular formula is C35H39N5O2. The highest BCUT2D eigenvalue weighted by Gasteiger charge is 2.21. The number of carbonyl (C=O) groups excluding carboxylic acids is 2. The summed E-state index contributed by atoms with van der Waals surface area (Å²) < 4.78 is 0. The van der Waals surface area contributed by atoms with Gasteiger partial charge in [0.25, 0.3) is 11.8 Å². The van der Waals surface area contributed by atoms with Crippen LogP contribution in [0.2, 0.25) is 0 Å². The van der Waals surface area contributed by atoms with Gasteiger partial charge < -0.3 is 20.9 Å². The number of nitrogens with zero attached hydrogens (tertiary/aromatic N) is 3. The number of hydrogen-bond acceptors (Lipinski definition) is 5. The van der Waals surface area contributed by atoms with Crippen molar-refractivity contribution >= 4 is 23.2 Å². The number of rotatable bonds is 10. The molecule has 0 spiro atoms. The van der Waals surface area contributed by atoms with E-state index in [4.69, 9.17) is 5.73 Å². The van der Waals surface area contributed by atoms with Crippen LogP contribution in [0.5, 0.6) is 0 Å². The van der Waals surface area contributed by atoms with Crippen molar-refractivity contribution in [2.24, 2.45) is 11.7 Å². The van der Waals surface area contributed by atoms with Crippen LogP contribution >= 0.6 is 0 Å². The topological polar surface area (TPSA) is 91.6 Å². The molecule has 0 aliphatic carbocycles. The van der Waals surface area contributed by atoms with Gasteiger partial charge in [-0.05, 0) is 90.9 Å². The number of amides is 2. The van der Waals surface area contributed by atoms with Gasteiger partial charge in [0.05, 0.1) is 16.9 Å². The monoisotopic (exact) mass is 561 g/mol. The van der Waals surface area contributed by atoms with Crippen LogP contribution in [0.25, 0.3) is 11.1 Å². The first-order valence-corrected chi connectivity index (χ1v) is 14.8. The molecule has 1 aliphatic heterocycles. The van der Waals surface area contributed by atoms with Gasteiger partial charge in [0.1, 0.15) is 0 Å². The number of piperidine rings is 1. The lowest BCUT2D eigenvalue weighted by Gasteiger charge is -2.33. The predicted molar refractivity (Wildman–Crippen MR) is 170 cm³/mol. The van der Waals surface area contributed by atoms with Crippen molar-refractivity contribution in [1.29, 1.82) is 0 Å². The third kappa shape index (κ3) is 7.22. The van der Waals surface area contributed by atoms with Gasteiger partial charge in [-0.3, -0.25) is 14.6 Å². The summed E-state index contributed by atoms with van der Waals surface area (Å²) in [5, 5.41) is 3.20. The van der Waals surface area contributed by atoms with E-state index in [1.54, 1.807) is 24.5 Å². The number of pyridine rings is 1. The lowest BCUT2D eigenvalue weighted by Crippen LogP contribution is -2.33. The van der Waals surface area contributed by atoms with E-state index >= 15 is 0 Å². The smallest absolute Gasteiger partial charge is 0.255 e. The Morgan fingerprint density at radius 1 is 0.929 bits per heavy atom. The molecule has 0 unspecified atom stereocenters. The summed E-state index contributed by atoms with van der Waals surface area (Å²) >= 11 is 0. The maximum absolute atomic E-state index is 13.3. The summed E-state index contributed by atoms with van der Waals surface area (Å²) in [5.74, 6) is 0.519. The minimum absolute atomic E-state index is 0.0620. The zero-order chi connectivity index (χ0) is 29.3. The third-order valence-electron chi connectivity index (χ3n) is 7.87. The number of aromatic nitrogens is 1. The Hall–Kier alpha value is -4.49. The Kier molecular flexibility index (Phi) is 9.62. The highest BCUT2D eigenvalue weighted by atomic mass is 16.2. The van der Waals surface area contributed by atoms with Crippen molar-refractivity contribution in [3.63, 3.8) is 0 Å². The first-order valence-electron chi connectivity index (χ1n) is 14.8. The molecule has 2 heterocycles. The van der Waals surface area contributed by atoms with Gasteiger partial charge in [-0.2, -0.15) is 0 Å². The molecule has 1 aromatic heterocycles. The summed E-state index contributed by atoms with van der Waals surface area (Å²) in [7, 11) is 0. The molecule has 7 heteroatoms. The van der Waals surface area contributed by atoms with Crippen molar-refractivity contribution in [2.75, 3.05) is 36.4 Å². The van der Waals surface area contributed by atoms with E-state index in [1.165, 1.54) is 0 Å². The fraction of sp³-hybridized carbons (Fsp3) is 0.286. The zero-order valence-electron chi connectivity index (χ0n) is 24.2. The van der Waals surface area contributed by atoms with E-state index in [0.29, 0.717) is 43.1 Å². The van der Waals surface area contributed by atoms with Gasteiger partial charge >= 0.3 is 0 Å². The molecule has 3 N–H and O–H groups in total. The molecule has 4 aromatic rings. The number of anilines is 2. The summed E-state index contributed by atoms with van der Waals surface area (Å²) in [4.78, 5) is 34.8. The molecule has 3 aromatic carbocycles. The molecule has 1 saturated heterocycles. The Bertz CT molecular complexity index is 1480. The molecule has 0 saturated carbocycles. The molecule has 5 rings (SSSR count). The fourth-order valence-corrected chi connectivity index (χ4v) is 5.40. The summed E-state index contributed by atoms with van der Waals surface area (Å²) in [6, 6.07) is 27.4. The van der Waals surface area contributed by atoms with E-state index in [2.05, 4.69) is 52.5 Å². The molecular weight excluding hydrogens is 522 g/mol. The third-order valence-corrected chi connectivity index (χ3v) is 7.87. The second-order valence-corrected chi connectivity index (χ2v) is 11.0. The Labute approximate surface area is 248 Å². The standard InChI is InChI=1S/C35H39N5O2/c1-26-15-20-39(21-16-26)33-14-13-30(23-32(33)38-34(41)28-9-3-2-4-10-28)29-11-5-8-27(22-29)25-40(19-7-17-36)35(42)31-12-6-18-37-24-31/h2-6,8-14,18,22-24,26H,7,15-17,19-21,25,36H2,1H3,(H,38,41). The van der Waals surface area contributed by atoms with Crippen molar-refractivity contribution in [3.05, 3.63) is 114 Å². The van der Waals surface area contributed by atoms with Crippen LogP contribution in [0, 0.1) is 5.92 Å². The quantitative estimate of drug-likeness (QED) is 0.240. The number of nitrogens with two attached hydrogens (primary N) is 1. The zero-order valence-corrected chi connectivity index (χ0v) is 24.2. The lowest BCUT2D eigenvalue weighted by molar-refractivity contribution is 0.0741. The van der Waals surface area contributed by atoms with Gasteiger partial charge in [0.15, 0.2) is 0 Å². The van der Waals surface area contributed by atoms with Gasteiger partial charge in [-0.25, -0.2) is 0 Å². The van der Waals surface area contributed by atoms with E-state index in [-0.39, 0.29) is 11.8 Å². The second-order valence-electron chi connectivity index (χ2n) is 11.0. The second kappa shape index (κ2) is 13.9. The van der Waals surface area contributed by atoms with Gasteiger partial charge in [0, 0.05) is 44.1 Å². The summed E-state index contributed by atoms with van der Waals surface area (Å²) in [5.41, 5.74) is 11.9. The molecule has 1 fully saturated rings. The summed E-state index contributed by atoms with van der Waals surface area (Å²) in [6.45, 7) is 5.77. The molecule has 2 amide bonds. The maximum atomic E-state index is 13.3. The van der Waals surface area contributed by atoms with E-state index in [9.17, 15) is 9.59 Å². The van der Waals surface area contributed by atoms with E-state index in [1.807, 2.05) is 47.4 Å². The normalized spacial score (nSPS) is 13.5. The van der Waals surface area contributed by atoms with Crippen LogP contribution in [0.4, 0.5) is 11.4 Å². The van der Waals surface area contributed by atoms with Crippen molar-refractivity contribution in [2.45, 2.75) is 32.7 Å². The highest BCUT2D eigenvalue weighted by Crippen LogP contribution is 2.34. The Morgan fingerprint density at radius 2 is 1.69 bits per heavy atom. The number of benzene rings is 3. The largest absolute Gasteiger partial charge is 0.370 e. The lowest BCUT2D eigenvalue weighted by atomic mass is 9.97. The molecule has 42 heavy (non-hydrogen) atoms. The van der Waals surface area contributed by atoms with Crippen LogP contribution in [0.3, 0.4) is 0 Å².